The van der Waals surface area contributed by atoms with Crippen LogP contribution in [0.25, 0.3) is 0 Å². The van der Waals surface area contributed by atoms with E-state index in [9.17, 15) is 10.1 Å². The van der Waals surface area contributed by atoms with Crippen molar-refractivity contribution in [2.24, 2.45) is 0 Å². The number of pyridine rings is 1. The molecule has 0 bridgehead atoms. The molecule has 21 heavy (non-hydrogen) atoms. The summed E-state index contributed by atoms with van der Waals surface area (Å²) in [7, 11) is 1.59. The van der Waals surface area contributed by atoms with Gasteiger partial charge < -0.3 is 15.4 Å². The number of fused-ring (bicyclic) bond motifs is 1. The molecule has 1 amide bonds. The summed E-state index contributed by atoms with van der Waals surface area (Å²) in [6.07, 6.45) is 3.40. The van der Waals surface area contributed by atoms with E-state index >= 15 is 0 Å². The Kier molecular flexibility index (Phi) is 5.52. The van der Waals surface area contributed by atoms with Gasteiger partial charge in [-0.25, -0.2) is 4.98 Å². The fraction of sp³-hybridized carbons (Fsp3) is 0.533. The number of amides is 1. The van der Waals surface area contributed by atoms with Crippen molar-refractivity contribution >= 4 is 11.7 Å². The van der Waals surface area contributed by atoms with Gasteiger partial charge in [-0.1, -0.05) is 0 Å². The van der Waals surface area contributed by atoms with Crippen LogP contribution < -0.4 is 10.6 Å². The number of nitriles is 1. The van der Waals surface area contributed by atoms with Gasteiger partial charge >= 0.3 is 0 Å². The summed E-state index contributed by atoms with van der Waals surface area (Å²) in [5.41, 5.74) is 2.80. The predicted molar refractivity (Wildman–Crippen MR) is 79.0 cm³/mol. The topological polar surface area (TPSA) is 87.0 Å². The van der Waals surface area contributed by atoms with Crippen LogP contribution in [0.15, 0.2) is 6.07 Å². The number of aryl methyl sites for hydroxylation is 2. The summed E-state index contributed by atoms with van der Waals surface area (Å²) in [6.45, 7) is 1.47. The minimum atomic E-state index is -0.0424. The molecule has 1 aliphatic rings. The van der Waals surface area contributed by atoms with Crippen LogP contribution in [0.4, 0.5) is 5.82 Å². The third-order valence-corrected chi connectivity index (χ3v) is 3.44. The molecular formula is C15H20N4O2. The number of hydrogen-bond donors (Lipinski definition) is 2. The molecular weight excluding hydrogens is 268 g/mol. The molecule has 1 aromatic heterocycles. The van der Waals surface area contributed by atoms with Gasteiger partial charge in [-0.2, -0.15) is 5.26 Å². The van der Waals surface area contributed by atoms with Gasteiger partial charge in [0.2, 0.25) is 5.91 Å². The van der Waals surface area contributed by atoms with Crippen LogP contribution in [0.3, 0.4) is 0 Å². The summed E-state index contributed by atoms with van der Waals surface area (Å²) >= 11 is 0. The number of nitrogens with one attached hydrogen (secondary N) is 2. The van der Waals surface area contributed by atoms with Crippen molar-refractivity contribution in [2.75, 3.05) is 32.1 Å². The van der Waals surface area contributed by atoms with E-state index < -0.39 is 0 Å². The second-order valence-electron chi connectivity index (χ2n) is 4.98. The number of anilines is 1. The van der Waals surface area contributed by atoms with E-state index in [1.807, 2.05) is 6.07 Å². The van der Waals surface area contributed by atoms with Crippen molar-refractivity contribution in [2.45, 2.75) is 25.7 Å². The van der Waals surface area contributed by atoms with Crippen molar-refractivity contribution in [3.8, 4) is 6.07 Å². The highest BCUT2D eigenvalue weighted by Gasteiger charge is 2.16. The van der Waals surface area contributed by atoms with E-state index in [0.717, 1.165) is 25.0 Å². The van der Waals surface area contributed by atoms with Crippen LogP contribution in [-0.2, 0) is 22.4 Å². The van der Waals surface area contributed by atoms with E-state index in [-0.39, 0.29) is 5.91 Å². The lowest BCUT2D eigenvalue weighted by Crippen LogP contribution is -2.28. The molecule has 6 heteroatoms. The molecule has 0 unspecified atom stereocenters. The molecule has 1 aromatic rings. The summed E-state index contributed by atoms with van der Waals surface area (Å²) < 4.78 is 4.86. The summed E-state index contributed by atoms with van der Waals surface area (Å²) in [5.74, 6) is 0.544. The van der Waals surface area contributed by atoms with Crippen molar-refractivity contribution in [1.29, 1.82) is 5.26 Å². The monoisotopic (exact) mass is 288 g/mol. The number of rotatable bonds is 7. The summed E-state index contributed by atoms with van der Waals surface area (Å²) in [4.78, 5) is 16.1. The maximum atomic E-state index is 11.6. The Balaban J connectivity index is 1.86. The second-order valence-corrected chi connectivity index (χ2v) is 4.98. The van der Waals surface area contributed by atoms with Gasteiger partial charge in [0, 0.05) is 32.3 Å². The Morgan fingerprint density at radius 1 is 1.48 bits per heavy atom. The molecule has 112 valence electrons. The smallest absolute Gasteiger partial charge is 0.221 e. The predicted octanol–water partition coefficient (Wildman–Crippen LogP) is 1.01. The Labute approximate surface area is 124 Å². The number of hydrogen-bond acceptors (Lipinski definition) is 5. The minimum absolute atomic E-state index is 0.0424. The zero-order chi connectivity index (χ0) is 15.1. The maximum absolute atomic E-state index is 11.6. The summed E-state index contributed by atoms with van der Waals surface area (Å²) in [6, 6.07) is 4.08. The fourth-order valence-corrected chi connectivity index (χ4v) is 2.37. The normalized spacial score (nSPS) is 12.6. The van der Waals surface area contributed by atoms with Crippen LogP contribution in [0.2, 0.25) is 0 Å². The van der Waals surface area contributed by atoms with Gasteiger partial charge in [0.25, 0.3) is 0 Å². The van der Waals surface area contributed by atoms with Crippen molar-refractivity contribution in [1.82, 2.24) is 10.3 Å². The van der Waals surface area contributed by atoms with Crippen LogP contribution >= 0.6 is 0 Å². The highest BCUT2D eigenvalue weighted by molar-refractivity contribution is 5.76. The Morgan fingerprint density at radius 3 is 3.10 bits per heavy atom. The lowest BCUT2D eigenvalue weighted by Gasteiger charge is -2.10. The van der Waals surface area contributed by atoms with Crippen LogP contribution in [0, 0.1) is 11.3 Å². The van der Waals surface area contributed by atoms with Crippen molar-refractivity contribution in [3.63, 3.8) is 0 Å². The molecule has 0 atom stereocenters. The first-order chi connectivity index (χ1) is 10.2. The first kappa shape index (κ1) is 15.3. The SMILES string of the molecule is COCCNC(=O)CCNc1nc2c(cc1C#N)CCC2. The van der Waals surface area contributed by atoms with Gasteiger partial charge in [0.1, 0.15) is 11.9 Å². The van der Waals surface area contributed by atoms with Crippen LogP contribution in [-0.4, -0.2) is 37.7 Å². The number of aromatic nitrogens is 1. The first-order valence-electron chi connectivity index (χ1n) is 7.17. The number of nitrogens with zero attached hydrogens (tertiary/aromatic N) is 2. The molecule has 1 heterocycles. The molecule has 0 aromatic carbocycles. The maximum Gasteiger partial charge on any atom is 0.221 e. The third kappa shape index (κ3) is 4.17. The molecule has 0 fully saturated rings. The van der Waals surface area contributed by atoms with Gasteiger partial charge in [0.05, 0.1) is 12.2 Å². The minimum Gasteiger partial charge on any atom is -0.383 e. The highest BCUT2D eigenvalue weighted by Crippen LogP contribution is 2.24. The molecule has 2 N–H and O–H groups in total. The van der Waals surface area contributed by atoms with Crippen molar-refractivity contribution < 1.29 is 9.53 Å². The molecule has 2 rings (SSSR count). The van der Waals surface area contributed by atoms with E-state index in [2.05, 4.69) is 21.7 Å². The molecule has 0 saturated carbocycles. The first-order valence-corrected chi connectivity index (χ1v) is 7.17. The standard InChI is InChI=1S/C15H20N4O2/c1-21-8-7-17-14(20)5-6-18-15-12(10-16)9-11-3-2-4-13(11)19-15/h9H,2-8H2,1H3,(H,17,20)(H,18,19). The highest BCUT2D eigenvalue weighted by atomic mass is 16.5. The Morgan fingerprint density at radius 2 is 2.33 bits per heavy atom. The van der Waals surface area contributed by atoms with E-state index in [1.54, 1.807) is 7.11 Å². The second kappa shape index (κ2) is 7.60. The van der Waals surface area contributed by atoms with E-state index in [1.165, 1.54) is 5.56 Å². The molecule has 6 nitrogen and oxygen atoms in total. The zero-order valence-electron chi connectivity index (χ0n) is 12.2. The quantitative estimate of drug-likeness (QED) is 0.731. The van der Waals surface area contributed by atoms with Crippen LogP contribution in [0.5, 0.6) is 0 Å². The third-order valence-electron chi connectivity index (χ3n) is 3.44. The number of carbonyl (C=O) groups excluding carboxylic acids is 1. The number of methoxy groups -OCH3 is 1. The average Bonchev–Trinajstić information content (AvgIpc) is 2.93. The van der Waals surface area contributed by atoms with Gasteiger partial charge in [-0.3, -0.25) is 4.79 Å². The van der Waals surface area contributed by atoms with Gasteiger partial charge in [-0.05, 0) is 30.9 Å². The average molecular weight is 288 g/mol. The lowest BCUT2D eigenvalue weighted by atomic mass is 10.1. The molecule has 0 aliphatic heterocycles. The summed E-state index contributed by atoms with van der Waals surface area (Å²) in [5, 5.41) is 15.0. The largest absolute Gasteiger partial charge is 0.383 e. The number of carbonyl (C=O) groups is 1. The van der Waals surface area contributed by atoms with E-state index in [0.29, 0.717) is 37.5 Å². The van der Waals surface area contributed by atoms with Crippen molar-refractivity contribution in [3.05, 3.63) is 22.9 Å². The van der Waals surface area contributed by atoms with Crippen LogP contribution in [0.1, 0.15) is 29.7 Å². The zero-order valence-corrected chi connectivity index (χ0v) is 12.2. The molecule has 0 spiro atoms. The molecule has 0 saturated heterocycles. The Bertz CT molecular complexity index is 551. The lowest BCUT2D eigenvalue weighted by molar-refractivity contribution is -0.121. The number of ether oxygens (including phenoxy) is 1. The fourth-order valence-electron chi connectivity index (χ4n) is 2.37. The molecule has 0 radical (unpaired) electrons. The van der Waals surface area contributed by atoms with Gasteiger partial charge in [0.15, 0.2) is 0 Å². The molecule has 1 aliphatic carbocycles. The van der Waals surface area contributed by atoms with Gasteiger partial charge in [-0.15, -0.1) is 0 Å². The Hall–Kier alpha value is -2.13. The van der Waals surface area contributed by atoms with E-state index in [4.69, 9.17) is 4.74 Å².